The lowest BCUT2D eigenvalue weighted by atomic mass is 9.89. The molecular formula is C15H32. The average molecular weight is 212 g/mol. The van der Waals surface area contributed by atoms with Crippen molar-refractivity contribution < 1.29 is 0 Å². The predicted octanol–water partition coefficient (Wildman–Crippen LogP) is 5.81. The minimum atomic E-state index is 0.954. The second-order valence-corrected chi connectivity index (χ2v) is 5.24. The molecule has 0 saturated heterocycles. The summed E-state index contributed by atoms with van der Waals surface area (Å²) in [6, 6.07) is 0. The number of hydrogen-bond donors (Lipinski definition) is 0. The van der Waals surface area contributed by atoms with Crippen LogP contribution in [0.15, 0.2) is 0 Å². The summed E-state index contributed by atoms with van der Waals surface area (Å²) < 4.78 is 0. The Labute approximate surface area is 97.8 Å². The predicted molar refractivity (Wildman–Crippen MR) is 71.2 cm³/mol. The normalized spacial score (nSPS) is 15.2. The number of unbranched alkanes of at least 4 members (excludes halogenated alkanes) is 2. The highest BCUT2D eigenvalue weighted by Gasteiger charge is 2.08. The minimum absolute atomic E-state index is 0.954. The lowest BCUT2D eigenvalue weighted by Gasteiger charge is -2.17. The molecule has 0 amide bonds. The SMILES string of the molecule is CCCCCC(CC)CCC(C)CCC. The third-order valence-corrected chi connectivity index (χ3v) is 3.64. The Morgan fingerprint density at radius 2 is 1.47 bits per heavy atom. The Morgan fingerprint density at radius 3 is 2.00 bits per heavy atom. The van der Waals surface area contributed by atoms with Crippen LogP contribution in [0.5, 0.6) is 0 Å². The molecule has 0 spiro atoms. The molecule has 0 aliphatic heterocycles. The summed E-state index contributed by atoms with van der Waals surface area (Å²) in [7, 11) is 0. The van der Waals surface area contributed by atoms with Crippen molar-refractivity contribution in [1.29, 1.82) is 0 Å². The van der Waals surface area contributed by atoms with E-state index in [1.54, 1.807) is 0 Å². The molecule has 0 radical (unpaired) electrons. The summed E-state index contributed by atoms with van der Waals surface area (Å²) >= 11 is 0. The van der Waals surface area contributed by atoms with Crippen LogP contribution >= 0.6 is 0 Å². The monoisotopic (exact) mass is 212 g/mol. The standard InChI is InChI=1S/C15H32/c1-5-8-9-11-15(7-3)13-12-14(4)10-6-2/h14-15H,5-13H2,1-4H3. The molecule has 2 unspecified atom stereocenters. The zero-order chi connectivity index (χ0) is 11.5. The summed E-state index contributed by atoms with van der Waals surface area (Å²) in [5.74, 6) is 1.96. The summed E-state index contributed by atoms with van der Waals surface area (Å²) in [6.07, 6.45) is 12.8. The first kappa shape index (κ1) is 15.0. The van der Waals surface area contributed by atoms with E-state index < -0.39 is 0 Å². The maximum atomic E-state index is 2.42. The van der Waals surface area contributed by atoms with Crippen molar-refractivity contribution in [2.24, 2.45) is 11.8 Å². The smallest absolute Gasteiger partial charge is 0.0417 e. The van der Waals surface area contributed by atoms with Gasteiger partial charge in [-0.2, -0.15) is 0 Å². The van der Waals surface area contributed by atoms with Crippen LogP contribution in [0, 0.1) is 11.8 Å². The topological polar surface area (TPSA) is 0 Å². The van der Waals surface area contributed by atoms with Crippen LogP contribution in [0.1, 0.15) is 85.5 Å². The van der Waals surface area contributed by atoms with Crippen LogP contribution in [0.2, 0.25) is 0 Å². The van der Waals surface area contributed by atoms with Crippen LogP contribution in [-0.4, -0.2) is 0 Å². The fourth-order valence-electron chi connectivity index (χ4n) is 2.39. The summed E-state index contributed by atoms with van der Waals surface area (Å²) in [5.41, 5.74) is 0. The fourth-order valence-corrected chi connectivity index (χ4v) is 2.39. The summed E-state index contributed by atoms with van der Waals surface area (Å²) in [6.45, 7) is 9.38. The van der Waals surface area contributed by atoms with Gasteiger partial charge in [0, 0.05) is 0 Å². The first-order valence-electron chi connectivity index (χ1n) is 7.24. The molecule has 0 heterocycles. The van der Waals surface area contributed by atoms with Crippen LogP contribution < -0.4 is 0 Å². The molecule has 0 aliphatic rings. The molecule has 92 valence electrons. The molecule has 0 saturated carbocycles. The van der Waals surface area contributed by atoms with Crippen molar-refractivity contribution in [2.45, 2.75) is 85.5 Å². The van der Waals surface area contributed by atoms with Crippen LogP contribution in [0.3, 0.4) is 0 Å². The van der Waals surface area contributed by atoms with E-state index in [1.165, 1.54) is 57.8 Å². The number of rotatable bonds is 10. The zero-order valence-corrected chi connectivity index (χ0v) is 11.5. The van der Waals surface area contributed by atoms with Crippen molar-refractivity contribution in [3.8, 4) is 0 Å². The molecule has 0 bridgehead atoms. The minimum Gasteiger partial charge on any atom is -0.0654 e. The van der Waals surface area contributed by atoms with Crippen molar-refractivity contribution >= 4 is 0 Å². The van der Waals surface area contributed by atoms with E-state index in [0.717, 1.165) is 11.8 Å². The van der Waals surface area contributed by atoms with Gasteiger partial charge in [0.1, 0.15) is 0 Å². The van der Waals surface area contributed by atoms with Gasteiger partial charge in [-0.1, -0.05) is 85.5 Å². The summed E-state index contributed by atoms with van der Waals surface area (Å²) in [5, 5.41) is 0. The van der Waals surface area contributed by atoms with Crippen LogP contribution in [0.4, 0.5) is 0 Å². The Morgan fingerprint density at radius 1 is 0.733 bits per heavy atom. The van der Waals surface area contributed by atoms with Gasteiger partial charge in [0.2, 0.25) is 0 Å². The molecule has 0 fully saturated rings. The van der Waals surface area contributed by atoms with Gasteiger partial charge in [-0.25, -0.2) is 0 Å². The van der Waals surface area contributed by atoms with Gasteiger partial charge in [-0.05, 0) is 11.8 Å². The highest BCUT2D eigenvalue weighted by Crippen LogP contribution is 2.23. The van der Waals surface area contributed by atoms with E-state index in [2.05, 4.69) is 27.7 Å². The average Bonchev–Trinajstić information content (AvgIpc) is 2.23. The van der Waals surface area contributed by atoms with Crippen molar-refractivity contribution in [3.05, 3.63) is 0 Å². The van der Waals surface area contributed by atoms with Gasteiger partial charge in [0.25, 0.3) is 0 Å². The maximum absolute atomic E-state index is 2.42. The molecule has 0 aliphatic carbocycles. The van der Waals surface area contributed by atoms with Crippen molar-refractivity contribution in [3.63, 3.8) is 0 Å². The second kappa shape index (κ2) is 10.5. The largest absolute Gasteiger partial charge is 0.0654 e. The lowest BCUT2D eigenvalue weighted by molar-refractivity contribution is 0.359. The quantitative estimate of drug-likeness (QED) is 0.401. The van der Waals surface area contributed by atoms with Gasteiger partial charge in [-0.3, -0.25) is 0 Å². The van der Waals surface area contributed by atoms with Gasteiger partial charge in [0.15, 0.2) is 0 Å². The molecule has 0 aromatic heterocycles. The van der Waals surface area contributed by atoms with Crippen molar-refractivity contribution in [2.75, 3.05) is 0 Å². The molecule has 0 aromatic carbocycles. The number of hydrogen-bond acceptors (Lipinski definition) is 0. The van der Waals surface area contributed by atoms with Gasteiger partial charge >= 0.3 is 0 Å². The molecule has 0 nitrogen and oxygen atoms in total. The van der Waals surface area contributed by atoms with Gasteiger partial charge < -0.3 is 0 Å². The van der Waals surface area contributed by atoms with E-state index >= 15 is 0 Å². The first-order chi connectivity index (χ1) is 7.24. The van der Waals surface area contributed by atoms with Gasteiger partial charge in [0.05, 0.1) is 0 Å². The fraction of sp³-hybridized carbons (Fsp3) is 1.00. The van der Waals surface area contributed by atoms with Crippen LogP contribution in [0.25, 0.3) is 0 Å². The zero-order valence-electron chi connectivity index (χ0n) is 11.5. The molecule has 2 atom stereocenters. The van der Waals surface area contributed by atoms with Gasteiger partial charge in [-0.15, -0.1) is 0 Å². The first-order valence-corrected chi connectivity index (χ1v) is 7.24. The Bertz CT molecular complexity index is 117. The Hall–Kier alpha value is 0. The van der Waals surface area contributed by atoms with E-state index in [9.17, 15) is 0 Å². The van der Waals surface area contributed by atoms with E-state index in [1.807, 2.05) is 0 Å². The summed E-state index contributed by atoms with van der Waals surface area (Å²) in [4.78, 5) is 0. The molecule has 15 heavy (non-hydrogen) atoms. The highest BCUT2D eigenvalue weighted by atomic mass is 14.1. The Balaban J connectivity index is 3.51. The van der Waals surface area contributed by atoms with E-state index in [4.69, 9.17) is 0 Å². The third kappa shape index (κ3) is 8.96. The highest BCUT2D eigenvalue weighted by molar-refractivity contribution is 4.61. The maximum Gasteiger partial charge on any atom is -0.0417 e. The molecule has 0 heteroatoms. The molecule has 0 rings (SSSR count). The van der Waals surface area contributed by atoms with Crippen LogP contribution in [-0.2, 0) is 0 Å². The van der Waals surface area contributed by atoms with Crippen molar-refractivity contribution in [1.82, 2.24) is 0 Å². The second-order valence-electron chi connectivity index (χ2n) is 5.24. The van der Waals surface area contributed by atoms with E-state index in [-0.39, 0.29) is 0 Å². The molecule has 0 aromatic rings. The molecular weight excluding hydrogens is 180 g/mol. The lowest BCUT2D eigenvalue weighted by Crippen LogP contribution is -2.03. The third-order valence-electron chi connectivity index (χ3n) is 3.64. The Kier molecular flexibility index (Phi) is 10.5. The van der Waals surface area contributed by atoms with E-state index in [0.29, 0.717) is 0 Å². The molecule has 0 N–H and O–H groups in total.